The Hall–Kier alpha value is -2.16. The van der Waals surface area contributed by atoms with Crippen LogP contribution in [-0.2, 0) is 6.42 Å². The fraction of sp³-hybridized carbons (Fsp3) is 0.333. The molecule has 0 saturated carbocycles. The summed E-state index contributed by atoms with van der Waals surface area (Å²) >= 11 is 0. The molecule has 3 nitrogen and oxygen atoms in total. The number of hydrogen-bond donors (Lipinski definition) is 1. The highest BCUT2D eigenvalue weighted by Gasteiger charge is 2.04. The number of para-hydroxylation sites is 3. The lowest BCUT2D eigenvalue weighted by atomic mass is 10.1. The summed E-state index contributed by atoms with van der Waals surface area (Å²) in [5.74, 6) is 1.55. The van der Waals surface area contributed by atoms with Gasteiger partial charge in [0.2, 0.25) is 0 Å². The van der Waals surface area contributed by atoms with E-state index in [-0.39, 0.29) is 0 Å². The molecule has 0 bridgehead atoms. The third-order valence-corrected chi connectivity index (χ3v) is 3.47. The molecule has 0 atom stereocenters. The van der Waals surface area contributed by atoms with Gasteiger partial charge in [0.15, 0.2) is 11.5 Å². The summed E-state index contributed by atoms with van der Waals surface area (Å²) in [5, 5.41) is 3.47. The van der Waals surface area contributed by atoms with Crippen LogP contribution in [0.3, 0.4) is 0 Å². The minimum atomic E-state index is 0.595. The molecule has 0 saturated heterocycles. The van der Waals surface area contributed by atoms with Crippen molar-refractivity contribution in [3.63, 3.8) is 0 Å². The van der Waals surface area contributed by atoms with Gasteiger partial charge in [-0.25, -0.2) is 0 Å². The van der Waals surface area contributed by atoms with E-state index in [2.05, 4.69) is 37.4 Å². The molecule has 2 rings (SSSR count). The molecule has 0 aliphatic rings. The van der Waals surface area contributed by atoms with E-state index in [4.69, 9.17) is 9.47 Å². The number of anilines is 1. The zero-order valence-corrected chi connectivity index (χ0v) is 13.0. The molecular weight excluding hydrogens is 262 g/mol. The summed E-state index contributed by atoms with van der Waals surface area (Å²) in [7, 11) is 1.65. The van der Waals surface area contributed by atoms with E-state index in [1.165, 1.54) is 16.8 Å². The largest absolute Gasteiger partial charge is 0.493 e. The number of nitrogens with one attached hydrogen (secondary N) is 1. The molecule has 0 aromatic heterocycles. The van der Waals surface area contributed by atoms with E-state index in [1.54, 1.807) is 7.11 Å². The molecule has 0 unspecified atom stereocenters. The van der Waals surface area contributed by atoms with Crippen molar-refractivity contribution in [2.75, 3.05) is 25.6 Å². The van der Waals surface area contributed by atoms with E-state index < -0.39 is 0 Å². The third-order valence-electron chi connectivity index (χ3n) is 3.47. The summed E-state index contributed by atoms with van der Waals surface area (Å²) in [6, 6.07) is 14.1. The van der Waals surface area contributed by atoms with Crippen molar-refractivity contribution in [2.45, 2.75) is 20.3 Å². The number of methoxy groups -OCH3 is 1. The normalized spacial score (nSPS) is 10.2. The molecular formula is C18H23NO2. The van der Waals surface area contributed by atoms with E-state index in [1.807, 2.05) is 24.3 Å². The highest BCUT2D eigenvalue weighted by molar-refractivity contribution is 5.57. The van der Waals surface area contributed by atoms with E-state index in [0.29, 0.717) is 6.61 Å². The molecule has 0 aliphatic carbocycles. The van der Waals surface area contributed by atoms with Crippen LogP contribution in [0.1, 0.15) is 18.1 Å². The number of rotatable bonds is 7. The van der Waals surface area contributed by atoms with Crippen LogP contribution in [0.15, 0.2) is 42.5 Å². The van der Waals surface area contributed by atoms with Gasteiger partial charge in [0, 0.05) is 12.2 Å². The van der Waals surface area contributed by atoms with E-state index >= 15 is 0 Å². The second-order valence-electron chi connectivity index (χ2n) is 4.89. The maximum atomic E-state index is 5.78. The van der Waals surface area contributed by atoms with Crippen molar-refractivity contribution in [3.8, 4) is 11.5 Å². The highest BCUT2D eigenvalue weighted by atomic mass is 16.5. The SMILES string of the molecule is CCc1cccc(C)c1NCCOc1ccccc1OC. The molecule has 112 valence electrons. The quantitative estimate of drug-likeness (QED) is 0.778. The van der Waals surface area contributed by atoms with Gasteiger partial charge in [-0.1, -0.05) is 37.3 Å². The van der Waals surface area contributed by atoms with Gasteiger partial charge >= 0.3 is 0 Å². The van der Waals surface area contributed by atoms with Gasteiger partial charge in [0.1, 0.15) is 6.61 Å². The predicted octanol–water partition coefficient (Wildman–Crippen LogP) is 4.06. The minimum Gasteiger partial charge on any atom is -0.493 e. The van der Waals surface area contributed by atoms with Gasteiger partial charge in [0.05, 0.1) is 7.11 Å². The van der Waals surface area contributed by atoms with Gasteiger partial charge in [-0.15, -0.1) is 0 Å². The van der Waals surface area contributed by atoms with Crippen molar-refractivity contribution in [1.29, 1.82) is 0 Å². The standard InChI is InChI=1S/C18H23NO2/c1-4-15-9-7-8-14(2)18(15)19-12-13-21-17-11-6-5-10-16(17)20-3/h5-11,19H,4,12-13H2,1-3H3. The topological polar surface area (TPSA) is 30.5 Å². The number of benzene rings is 2. The second-order valence-corrected chi connectivity index (χ2v) is 4.89. The molecule has 1 N–H and O–H groups in total. The highest BCUT2D eigenvalue weighted by Crippen LogP contribution is 2.25. The molecule has 2 aromatic rings. The van der Waals surface area contributed by atoms with Crippen LogP contribution in [0.2, 0.25) is 0 Å². The summed E-state index contributed by atoms with van der Waals surface area (Å²) in [6.07, 6.45) is 1.03. The van der Waals surface area contributed by atoms with Crippen LogP contribution in [0, 0.1) is 6.92 Å². The lowest BCUT2D eigenvalue weighted by Crippen LogP contribution is -2.13. The zero-order valence-electron chi connectivity index (χ0n) is 13.0. The Kier molecular flexibility index (Phi) is 5.50. The molecule has 0 fully saturated rings. The summed E-state index contributed by atoms with van der Waals surface area (Å²) < 4.78 is 11.0. The molecule has 0 spiro atoms. The Morgan fingerprint density at radius 1 is 1.00 bits per heavy atom. The molecule has 2 aromatic carbocycles. The van der Waals surface area contributed by atoms with Crippen molar-refractivity contribution in [1.82, 2.24) is 0 Å². The molecule has 0 amide bonds. The fourth-order valence-electron chi connectivity index (χ4n) is 2.35. The average molecular weight is 285 g/mol. The molecule has 0 heterocycles. The Bertz CT molecular complexity index is 581. The summed E-state index contributed by atoms with van der Waals surface area (Å²) in [6.45, 7) is 5.65. The van der Waals surface area contributed by atoms with Crippen molar-refractivity contribution < 1.29 is 9.47 Å². The first kappa shape index (κ1) is 15.2. The van der Waals surface area contributed by atoms with Gasteiger partial charge in [-0.2, -0.15) is 0 Å². The van der Waals surface area contributed by atoms with Gasteiger partial charge in [0.25, 0.3) is 0 Å². The number of hydrogen-bond acceptors (Lipinski definition) is 3. The summed E-state index contributed by atoms with van der Waals surface area (Å²) in [4.78, 5) is 0. The van der Waals surface area contributed by atoms with Crippen molar-refractivity contribution in [3.05, 3.63) is 53.6 Å². The van der Waals surface area contributed by atoms with Crippen molar-refractivity contribution >= 4 is 5.69 Å². The number of ether oxygens (including phenoxy) is 2. The van der Waals surface area contributed by atoms with Gasteiger partial charge in [-0.3, -0.25) is 0 Å². The molecule has 3 heteroatoms. The third kappa shape index (κ3) is 3.91. The zero-order chi connectivity index (χ0) is 15.1. The lowest BCUT2D eigenvalue weighted by Gasteiger charge is -2.15. The van der Waals surface area contributed by atoms with Crippen LogP contribution >= 0.6 is 0 Å². The Labute approximate surface area is 126 Å². The first-order valence-electron chi connectivity index (χ1n) is 7.34. The average Bonchev–Trinajstić information content (AvgIpc) is 2.52. The summed E-state index contributed by atoms with van der Waals surface area (Å²) in [5.41, 5.74) is 3.84. The van der Waals surface area contributed by atoms with Crippen LogP contribution in [-0.4, -0.2) is 20.3 Å². The monoisotopic (exact) mass is 285 g/mol. The van der Waals surface area contributed by atoms with E-state index in [9.17, 15) is 0 Å². The maximum absolute atomic E-state index is 5.78. The Balaban J connectivity index is 1.91. The minimum absolute atomic E-state index is 0.595. The van der Waals surface area contributed by atoms with Crippen LogP contribution in [0.25, 0.3) is 0 Å². The second kappa shape index (κ2) is 7.58. The molecule has 0 radical (unpaired) electrons. The first-order chi connectivity index (χ1) is 10.3. The van der Waals surface area contributed by atoms with Crippen molar-refractivity contribution in [2.24, 2.45) is 0 Å². The molecule has 21 heavy (non-hydrogen) atoms. The van der Waals surface area contributed by atoms with Crippen LogP contribution in [0.5, 0.6) is 11.5 Å². The lowest BCUT2D eigenvalue weighted by molar-refractivity contribution is 0.306. The van der Waals surface area contributed by atoms with E-state index in [0.717, 1.165) is 24.5 Å². The Morgan fingerprint density at radius 2 is 1.76 bits per heavy atom. The smallest absolute Gasteiger partial charge is 0.161 e. The van der Waals surface area contributed by atoms with Gasteiger partial charge < -0.3 is 14.8 Å². The van der Waals surface area contributed by atoms with Crippen LogP contribution < -0.4 is 14.8 Å². The number of aryl methyl sites for hydroxylation is 2. The molecule has 0 aliphatic heterocycles. The van der Waals surface area contributed by atoms with Crippen LogP contribution in [0.4, 0.5) is 5.69 Å². The first-order valence-corrected chi connectivity index (χ1v) is 7.34. The fourth-order valence-corrected chi connectivity index (χ4v) is 2.35. The Morgan fingerprint density at radius 3 is 2.48 bits per heavy atom. The van der Waals surface area contributed by atoms with Gasteiger partial charge in [-0.05, 0) is 36.6 Å². The predicted molar refractivity (Wildman–Crippen MR) is 87.5 cm³/mol. The maximum Gasteiger partial charge on any atom is 0.161 e.